The minimum Gasteiger partial charge on any atom is -0.506 e. The van der Waals surface area contributed by atoms with Crippen LogP contribution in [0.5, 0.6) is 5.75 Å². The molecule has 0 aliphatic carbocycles. The van der Waals surface area contributed by atoms with E-state index in [4.69, 9.17) is 0 Å². The zero-order valence-corrected chi connectivity index (χ0v) is 13.4. The van der Waals surface area contributed by atoms with Gasteiger partial charge in [-0.3, -0.25) is 4.98 Å². The van der Waals surface area contributed by atoms with Crippen LogP contribution in [0.2, 0.25) is 0 Å². The molecular weight excluding hydrogens is 290 g/mol. The Bertz CT molecular complexity index is 762. The molecule has 6 heteroatoms. The smallest absolute Gasteiger partial charge is 0.166 e. The molecule has 6 nitrogen and oxygen atoms in total. The van der Waals surface area contributed by atoms with E-state index in [1.807, 2.05) is 25.1 Å². The number of pyridine rings is 2. The van der Waals surface area contributed by atoms with E-state index in [0.717, 1.165) is 17.9 Å². The van der Waals surface area contributed by atoms with Crippen molar-refractivity contribution in [2.75, 3.05) is 0 Å². The highest BCUT2D eigenvalue weighted by atomic mass is 16.3. The van der Waals surface area contributed by atoms with Crippen molar-refractivity contribution in [3.8, 4) is 23.0 Å². The number of nitrogens with zero attached hydrogens (tertiary/aromatic N) is 5. The van der Waals surface area contributed by atoms with Crippen LogP contribution in [-0.2, 0) is 6.42 Å². The number of aromatic nitrogens is 5. The zero-order chi connectivity index (χ0) is 16.4. The molecule has 3 heterocycles. The first kappa shape index (κ1) is 15.1. The molecule has 0 bridgehead atoms. The molecule has 0 radical (unpaired) electrons. The molecule has 3 aromatic heterocycles. The second-order valence-electron chi connectivity index (χ2n) is 5.93. The summed E-state index contributed by atoms with van der Waals surface area (Å²) in [6.07, 6.45) is 3.83. The molecule has 3 rings (SSSR count). The first-order chi connectivity index (χ1) is 11.0. The topological polar surface area (TPSA) is 76.7 Å². The number of aryl methyl sites for hydroxylation is 1. The highest BCUT2D eigenvalue weighted by Gasteiger charge is 2.16. The van der Waals surface area contributed by atoms with Gasteiger partial charge in [-0.2, -0.15) is 4.68 Å². The van der Waals surface area contributed by atoms with E-state index < -0.39 is 0 Å². The van der Waals surface area contributed by atoms with Crippen molar-refractivity contribution in [2.45, 2.75) is 27.2 Å². The highest BCUT2D eigenvalue weighted by Crippen LogP contribution is 2.23. The Kier molecular flexibility index (Phi) is 4.06. The van der Waals surface area contributed by atoms with Crippen molar-refractivity contribution in [3.63, 3.8) is 0 Å². The van der Waals surface area contributed by atoms with Gasteiger partial charge in [0.05, 0.1) is 6.20 Å². The Labute approximate surface area is 134 Å². The molecule has 0 saturated carbocycles. The fourth-order valence-corrected chi connectivity index (χ4v) is 2.35. The maximum atomic E-state index is 9.70. The lowest BCUT2D eigenvalue weighted by atomic mass is 10.1. The van der Waals surface area contributed by atoms with E-state index in [1.54, 1.807) is 16.9 Å². The van der Waals surface area contributed by atoms with Gasteiger partial charge >= 0.3 is 0 Å². The highest BCUT2D eigenvalue weighted by molar-refractivity contribution is 5.58. The average Bonchev–Trinajstić information content (AvgIpc) is 2.90. The minimum absolute atomic E-state index is 0.0969. The van der Waals surface area contributed by atoms with Crippen LogP contribution in [0.1, 0.15) is 25.4 Å². The second-order valence-corrected chi connectivity index (χ2v) is 5.93. The van der Waals surface area contributed by atoms with Crippen molar-refractivity contribution in [3.05, 3.63) is 48.2 Å². The van der Waals surface area contributed by atoms with E-state index >= 15 is 0 Å². The maximum Gasteiger partial charge on any atom is 0.166 e. The molecule has 118 valence electrons. The lowest BCUT2D eigenvalue weighted by molar-refractivity contribution is 0.473. The van der Waals surface area contributed by atoms with Crippen LogP contribution >= 0.6 is 0 Å². The van der Waals surface area contributed by atoms with Gasteiger partial charge in [0.25, 0.3) is 0 Å². The summed E-state index contributed by atoms with van der Waals surface area (Å²) in [4.78, 5) is 13.2. The first-order valence-corrected chi connectivity index (χ1v) is 7.57. The number of hydrogen-bond acceptors (Lipinski definition) is 5. The van der Waals surface area contributed by atoms with Crippen LogP contribution < -0.4 is 0 Å². The number of hydrogen-bond donors (Lipinski definition) is 1. The lowest BCUT2D eigenvalue weighted by Gasteiger charge is -2.05. The van der Waals surface area contributed by atoms with Gasteiger partial charge in [-0.1, -0.05) is 19.9 Å². The lowest BCUT2D eigenvalue weighted by Crippen LogP contribution is -2.04. The van der Waals surface area contributed by atoms with Gasteiger partial charge in [0, 0.05) is 23.9 Å². The first-order valence-electron chi connectivity index (χ1n) is 7.57. The Hall–Kier alpha value is -2.76. The predicted octanol–water partition coefficient (Wildman–Crippen LogP) is 2.94. The molecule has 0 fully saturated rings. The summed E-state index contributed by atoms with van der Waals surface area (Å²) in [6, 6.07) is 7.39. The summed E-state index contributed by atoms with van der Waals surface area (Å²) in [5.74, 6) is 2.63. The van der Waals surface area contributed by atoms with Crippen LogP contribution in [-0.4, -0.2) is 29.8 Å². The van der Waals surface area contributed by atoms with Crippen molar-refractivity contribution in [1.29, 1.82) is 0 Å². The van der Waals surface area contributed by atoms with E-state index in [2.05, 4.69) is 33.9 Å². The Morgan fingerprint density at radius 2 is 2.00 bits per heavy atom. The molecule has 0 aliphatic heterocycles. The third kappa shape index (κ3) is 3.36. The summed E-state index contributed by atoms with van der Waals surface area (Å²) in [6.45, 7) is 6.19. The summed E-state index contributed by atoms with van der Waals surface area (Å²) >= 11 is 0. The van der Waals surface area contributed by atoms with Crippen LogP contribution in [0.4, 0.5) is 0 Å². The van der Waals surface area contributed by atoms with Crippen molar-refractivity contribution >= 4 is 0 Å². The minimum atomic E-state index is 0.0969. The quantitative estimate of drug-likeness (QED) is 0.802. The molecule has 0 amide bonds. The van der Waals surface area contributed by atoms with E-state index in [-0.39, 0.29) is 5.75 Å². The standard InChI is InChI=1S/C17H19N5O/c1-11(2)7-15-20-17(13-8-14(23)10-18-9-13)22(21-15)16-6-4-5-12(3)19-16/h4-6,8-11,23H,7H2,1-3H3. The Morgan fingerprint density at radius 1 is 1.17 bits per heavy atom. The monoisotopic (exact) mass is 309 g/mol. The van der Waals surface area contributed by atoms with Crippen LogP contribution in [0.3, 0.4) is 0 Å². The molecule has 23 heavy (non-hydrogen) atoms. The average molecular weight is 309 g/mol. The Morgan fingerprint density at radius 3 is 2.70 bits per heavy atom. The van der Waals surface area contributed by atoms with Crippen LogP contribution in [0.15, 0.2) is 36.7 Å². The van der Waals surface area contributed by atoms with Gasteiger partial charge in [0.1, 0.15) is 5.75 Å². The predicted molar refractivity (Wildman–Crippen MR) is 87.3 cm³/mol. The molecule has 0 unspecified atom stereocenters. The normalized spacial score (nSPS) is 11.1. The van der Waals surface area contributed by atoms with Crippen molar-refractivity contribution in [2.24, 2.45) is 5.92 Å². The van der Waals surface area contributed by atoms with Gasteiger partial charge in [-0.25, -0.2) is 9.97 Å². The third-order valence-corrected chi connectivity index (χ3v) is 3.31. The van der Waals surface area contributed by atoms with Crippen LogP contribution in [0, 0.1) is 12.8 Å². The Balaban J connectivity index is 2.14. The summed E-state index contributed by atoms with van der Waals surface area (Å²) in [7, 11) is 0. The van der Waals surface area contributed by atoms with Gasteiger partial charge in [-0.15, -0.1) is 5.10 Å². The van der Waals surface area contributed by atoms with Gasteiger partial charge in [0.2, 0.25) is 0 Å². The summed E-state index contributed by atoms with van der Waals surface area (Å²) < 4.78 is 1.71. The number of aromatic hydroxyl groups is 1. The SMILES string of the molecule is Cc1cccc(-n2nc(CC(C)C)nc2-c2cncc(O)c2)n1. The largest absolute Gasteiger partial charge is 0.506 e. The summed E-state index contributed by atoms with van der Waals surface area (Å²) in [5.41, 5.74) is 1.61. The second kappa shape index (κ2) is 6.16. The molecule has 1 N–H and O–H groups in total. The molecule has 3 aromatic rings. The molecule has 0 spiro atoms. The molecule has 0 aliphatic rings. The maximum absolute atomic E-state index is 9.70. The molecule has 0 saturated heterocycles. The van der Waals surface area contributed by atoms with Crippen molar-refractivity contribution < 1.29 is 5.11 Å². The van der Waals surface area contributed by atoms with Crippen LogP contribution in [0.25, 0.3) is 17.2 Å². The fraction of sp³-hybridized carbons (Fsp3) is 0.294. The molecule has 0 aromatic carbocycles. The van der Waals surface area contributed by atoms with E-state index in [1.165, 1.54) is 6.20 Å². The van der Waals surface area contributed by atoms with E-state index in [0.29, 0.717) is 23.1 Å². The summed E-state index contributed by atoms with van der Waals surface area (Å²) in [5, 5.41) is 14.3. The van der Waals surface area contributed by atoms with Crippen molar-refractivity contribution in [1.82, 2.24) is 24.7 Å². The molecular formula is C17H19N5O. The zero-order valence-electron chi connectivity index (χ0n) is 13.4. The van der Waals surface area contributed by atoms with Gasteiger partial charge in [0.15, 0.2) is 17.5 Å². The molecule has 0 atom stereocenters. The number of rotatable bonds is 4. The third-order valence-electron chi connectivity index (χ3n) is 3.31. The fourth-order valence-electron chi connectivity index (χ4n) is 2.35. The van der Waals surface area contributed by atoms with Gasteiger partial charge in [-0.05, 0) is 31.0 Å². The van der Waals surface area contributed by atoms with Gasteiger partial charge < -0.3 is 5.11 Å². The van der Waals surface area contributed by atoms with E-state index in [9.17, 15) is 5.11 Å².